The fourth-order valence-electron chi connectivity index (χ4n) is 1.98. The summed E-state index contributed by atoms with van der Waals surface area (Å²) in [6, 6.07) is 1.69. The van der Waals surface area contributed by atoms with E-state index < -0.39 is 0 Å². The van der Waals surface area contributed by atoms with Crippen LogP contribution in [-0.4, -0.2) is 17.6 Å². The average Bonchev–Trinajstić information content (AvgIpc) is 2.33. The molecule has 1 heterocycles. The van der Waals surface area contributed by atoms with Crippen LogP contribution >= 0.6 is 0 Å². The van der Waals surface area contributed by atoms with Crippen LogP contribution in [0.4, 0.5) is 4.39 Å². The van der Waals surface area contributed by atoms with Crippen molar-refractivity contribution in [3.05, 3.63) is 23.6 Å². The molecule has 0 aromatic carbocycles. The highest BCUT2D eigenvalue weighted by Gasteiger charge is 2.14. The van der Waals surface area contributed by atoms with Crippen LogP contribution in [0, 0.1) is 11.7 Å². The van der Waals surface area contributed by atoms with Gasteiger partial charge >= 0.3 is 0 Å². The van der Waals surface area contributed by atoms with Crippen LogP contribution in [0.25, 0.3) is 0 Å². The van der Waals surface area contributed by atoms with Crippen molar-refractivity contribution in [2.75, 3.05) is 6.54 Å². The number of pyridine rings is 1. The first-order valence-corrected chi connectivity index (χ1v) is 7.05. The van der Waals surface area contributed by atoms with E-state index in [-0.39, 0.29) is 17.8 Å². The fraction of sp³-hybridized carbons (Fsp3) is 0.667. The lowest BCUT2D eigenvalue weighted by molar-refractivity contribution is 0.176. The molecule has 0 fully saturated rings. The maximum atomic E-state index is 14.2. The Morgan fingerprint density at radius 3 is 2.74 bits per heavy atom. The summed E-state index contributed by atoms with van der Waals surface area (Å²) in [7, 11) is 0. The first-order chi connectivity index (χ1) is 9.04. The lowest BCUT2D eigenvalue weighted by Crippen LogP contribution is -2.18. The minimum absolute atomic E-state index is 0.0270. The second-order valence-corrected chi connectivity index (χ2v) is 5.32. The molecule has 1 rings (SSSR count). The Labute approximate surface area is 115 Å². The van der Waals surface area contributed by atoms with Crippen LogP contribution in [0.5, 0.6) is 5.88 Å². The maximum absolute atomic E-state index is 14.2. The molecule has 0 aliphatic rings. The van der Waals surface area contributed by atoms with Crippen molar-refractivity contribution in [2.45, 2.75) is 53.2 Å². The van der Waals surface area contributed by atoms with Crippen LogP contribution in [-0.2, 0) is 6.54 Å². The molecule has 0 radical (unpaired) electrons. The molecule has 1 aromatic rings. The number of halogens is 1. The zero-order chi connectivity index (χ0) is 14.3. The van der Waals surface area contributed by atoms with Crippen molar-refractivity contribution in [3.63, 3.8) is 0 Å². The van der Waals surface area contributed by atoms with E-state index in [1.807, 2.05) is 6.92 Å². The van der Waals surface area contributed by atoms with E-state index in [9.17, 15) is 4.39 Å². The maximum Gasteiger partial charge on any atom is 0.250 e. The summed E-state index contributed by atoms with van der Waals surface area (Å²) >= 11 is 0. The lowest BCUT2D eigenvalue weighted by Gasteiger charge is -2.17. The molecule has 0 spiro atoms. The van der Waals surface area contributed by atoms with Gasteiger partial charge in [-0.05, 0) is 38.3 Å². The summed E-state index contributed by atoms with van der Waals surface area (Å²) in [6.07, 6.45) is 3.49. The van der Waals surface area contributed by atoms with Gasteiger partial charge in [0.05, 0.1) is 6.10 Å². The minimum atomic E-state index is -0.346. The molecule has 0 bridgehead atoms. The van der Waals surface area contributed by atoms with Crippen molar-refractivity contribution in [1.29, 1.82) is 0 Å². The molecule has 0 amide bonds. The molecule has 1 unspecified atom stereocenters. The van der Waals surface area contributed by atoms with E-state index in [2.05, 4.69) is 31.1 Å². The number of hydrogen-bond acceptors (Lipinski definition) is 3. The average molecular weight is 268 g/mol. The van der Waals surface area contributed by atoms with Gasteiger partial charge in [-0.1, -0.05) is 20.8 Å². The number of rotatable bonds is 8. The van der Waals surface area contributed by atoms with Gasteiger partial charge in [-0.15, -0.1) is 0 Å². The van der Waals surface area contributed by atoms with Crippen molar-refractivity contribution < 1.29 is 9.13 Å². The van der Waals surface area contributed by atoms with Crippen molar-refractivity contribution in [1.82, 2.24) is 10.3 Å². The van der Waals surface area contributed by atoms with E-state index in [4.69, 9.17) is 4.74 Å². The monoisotopic (exact) mass is 268 g/mol. The number of ether oxygens (including phenoxy) is 1. The predicted octanol–water partition coefficient (Wildman–Crippen LogP) is 3.53. The predicted molar refractivity (Wildman–Crippen MR) is 75.7 cm³/mol. The molecule has 19 heavy (non-hydrogen) atoms. The minimum Gasteiger partial charge on any atom is -0.473 e. The molecule has 108 valence electrons. The topological polar surface area (TPSA) is 34.2 Å². The molecular formula is C15H25FN2O. The van der Waals surface area contributed by atoms with Gasteiger partial charge in [0, 0.05) is 18.3 Å². The molecule has 3 nitrogen and oxygen atoms in total. The molecule has 0 saturated carbocycles. The third-order valence-electron chi connectivity index (χ3n) is 2.80. The van der Waals surface area contributed by atoms with Crippen molar-refractivity contribution >= 4 is 0 Å². The number of aromatic nitrogens is 1. The van der Waals surface area contributed by atoms with Gasteiger partial charge in [-0.25, -0.2) is 9.37 Å². The first-order valence-electron chi connectivity index (χ1n) is 7.05. The largest absolute Gasteiger partial charge is 0.473 e. The molecule has 0 aliphatic heterocycles. The Morgan fingerprint density at radius 1 is 1.37 bits per heavy atom. The quantitative estimate of drug-likeness (QED) is 0.732. The Morgan fingerprint density at radius 2 is 2.11 bits per heavy atom. The summed E-state index contributed by atoms with van der Waals surface area (Å²) in [6.45, 7) is 9.66. The highest BCUT2D eigenvalue weighted by atomic mass is 19.1. The lowest BCUT2D eigenvalue weighted by atomic mass is 10.1. The van der Waals surface area contributed by atoms with Gasteiger partial charge in [-0.3, -0.25) is 0 Å². The summed E-state index contributed by atoms with van der Waals surface area (Å²) in [5.74, 6) is 0.290. The Kier molecular flexibility index (Phi) is 6.78. The fourth-order valence-corrected chi connectivity index (χ4v) is 1.98. The van der Waals surface area contributed by atoms with Gasteiger partial charge in [0.25, 0.3) is 5.88 Å². The molecule has 0 saturated heterocycles. The molecular weight excluding hydrogens is 243 g/mol. The standard InChI is InChI=1S/C15H25FN2O/c1-5-7-17-10-13-6-8-18-15(14(13)16)19-12(4)9-11(2)3/h6,8,11-12,17H,5,7,9-10H2,1-4H3. The molecule has 4 heteroatoms. The van der Waals surface area contributed by atoms with E-state index in [1.165, 1.54) is 0 Å². The molecule has 1 N–H and O–H groups in total. The summed E-state index contributed by atoms with van der Waals surface area (Å²) in [5, 5.41) is 3.18. The van der Waals surface area contributed by atoms with Crippen LogP contribution in [0.2, 0.25) is 0 Å². The van der Waals surface area contributed by atoms with E-state index in [0.29, 0.717) is 18.0 Å². The van der Waals surface area contributed by atoms with E-state index in [1.54, 1.807) is 12.3 Å². The van der Waals surface area contributed by atoms with Crippen LogP contribution in [0.1, 0.15) is 46.1 Å². The van der Waals surface area contributed by atoms with Gasteiger partial charge in [0.1, 0.15) is 0 Å². The Hall–Kier alpha value is -1.16. The van der Waals surface area contributed by atoms with Gasteiger partial charge in [-0.2, -0.15) is 0 Å². The van der Waals surface area contributed by atoms with Crippen LogP contribution < -0.4 is 10.1 Å². The smallest absolute Gasteiger partial charge is 0.250 e. The van der Waals surface area contributed by atoms with Crippen LogP contribution in [0.15, 0.2) is 12.3 Å². The molecule has 0 aliphatic carbocycles. The zero-order valence-corrected chi connectivity index (χ0v) is 12.4. The van der Waals surface area contributed by atoms with E-state index >= 15 is 0 Å². The van der Waals surface area contributed by atoms with Crippen molar-refractivity contribution in [2.24, 2.45) is 5.92 Å². The second kappa shape index (κ2) is 8.10. The number of nitrogens with one attached hydrogen (secondary N) is 1. The summed E-state index contributed by atoms with van der Waals surface area (Å²) in [4.78, 5) is 3.99. The Bertz CT molecular complexity index is 382. The Balaban J connectivity index is 2.65. The third-order valence-corrected chi connectivity index (χ3v) is 2.80. The van der Waals surface area contributed by atoms with Gasteiger partial charge in [0.15, 0.2) is 5.82 Å². The normalized spacial score (nSPS) is 12.7. The highest BCUT2D eigenvalue weighted by Crippen LogP contribution is 2.20. The second-order valence-electron chi connectivity index (χ2n) is 5.32. The van der Waals surface area contributed by atoms with E-state index in [0.717, 1.165) is 19.4 Å². The third kappa shape index (κ3) is 5.55. The van der Waals surface area contributed by atoms with Crippen LogP contribution in [0.3, 0.4) is 0 Å². The summed E-state index contributed by atoms with van der Waals surface area (Å²) < 4.78 is 19.8. The van der Waals surface area contributed by atoms with Gasteiger partial charge in [0.2, 0.25) is 0 Å². The highest BCUT2D eigenvalue weighted by molar-refractivity contribution is 5.23. The molecule has 1 atom stereocenters. The first kappa shape index (κ1) is 15.9. The SMILES string of the molecule is CCCNCc1ccnc(OC(C)CC(C)C)c1F. The number of nitrogens with zero attached hydrogens (tertiary/aromatic N) is 1. The number of hydrogen-bond donors (Lipinski definition) is 1. The summed E-state index contributed by atoms with van der Waals surface area (Å²) in [5.41, 5.74) is 0.607. The van der Waals surface area contributed by atoms with Crippen molar-refractivity contribution in [3.8, 4) is 5.88 Å². The zero-order valence-electron chi connectivity index (χ0n) is 12.4. The van der Waals surface area contributed by atoms with Gasteiger partial charge < -0.3 is 10.1 Å². The molecule has 1 aromatic heterocycles.